The lowest BCUT2D eigenvalue weighted by Crippen LogP contribution is -2.13. The van der Waals surface area contributed by atoms with Crippen LogP contribution in [0.3, 0.4) is 0 Å². The van der Waals surface area contributed by atoms with Crippen molar-refractivity contribution in [2.24, 2.45) is 0 Å². The van der Waals surface area contributed by atoms with Crippen LogP contribution in [0.25, 0.3) is 11.6 Å². The molecule has 0 fully saturated rings. The highest BCUT2D eigenvalue weighted by atomic mass is 32.1. The predicted molar refractivity (Wildman–Crippen MR) is 72.3 cm³/mol. The number of hydrogen-bond donors (Lipinski definition) is 1. The van der Waals surface area contributed by atoms with Gasteiger partial charge < -0.3 is 4.42 Å². The molecule has 3 rings (SSSR count). The molecular weight excluding hydrogens is 278 g/mol. The number of carbonyl (C=O) groups excluding carboxylic acids is 1. The molecule has 3 aromatic rings. The monoisotopic (exact) mass is 287 g/mol. The third-order valence-electron chi connectivity index (χ3n) is 2.38. The van der Waals surface area contributed by atoms with E-state index >= 15 is 0 Å². The summed E-state index contributed by atoms with van der Waals surface area (Å²) in [7, 11) is 0. The minimum atomic E-state index is -0.407. The van der Waals surface area contributed by atoms with Crippen LogP contribution >= 0.6 is 11.3 Å². The van der Waals surface area contributed by atoms with E-state index in [2.05, 4.69) is 25.5 Å². The fourth-order valence-electron chi connectivity index (χ4n) is 1.50. The standard InChI is InChI=1S/C12H9N5O2S/c1-7-14-9(6-20-7)11-16-17-12(19-11)15-10(18)8-4-2-3-5-13-8/h2-6H,1H3,(H,15,17,18). The second-order valence-electron chi connectivity index (χ2n) is 3.83. The van der Waals surface area contributed by atoms with Gasteiger partial charge in [-0.05, 0) is 19.1 Å². The summed E-state index contributed by atoms with van der Waals surface area (Å²) in [6, 6.07) is 5.06. The van der Waals surface area contributed by atoms with Crippen molar-refractivity contribution in [1.29, 1.82) is 0 Å². The zero-order chi connectivity index (χ0) is 13.9. The van der Waals surface area contributed by atoms with Gasteiger partial charge in [0.1, 0.15) is 11.4 Å². The van der Waals surface area contributed by atoms with Gasteiger partial charge in [-0.1, -0.05) is 11.2 Å². The molecule has 100 valence electrons. The molecule has 0 saturated carbocycles. The largest absolute Gasteiger partial charge is 0.401 e. The molecule has 0 saturated heterocycles. The summed E-state index contributed by atoms with van der Waals surface area (Å²) in [5, 5.41) is 12.8. The normalized spacial score (nSPS) is 10.4. The maximum Gasteiger partial charge on any atom is 0.322 e. The summed E-state index contributed by atoms with van der Waals surface area (Å²) in [5.41, 5.74) is 0.870. The van der Waals surface area contributed by atoms with Gasteiger partial charge >= 0.3 is 6.01 Å². The van der Waals surface area contributed by atoms with E-state index in [1.807, 2.05) is 12.3 Å². The Morgan fingerprint density at radius 2 is 2.25 bits per heavy atom. The lowest BCUT2D eigenvalue weighted by molar-refractivity contribution is 0.101. The van der Waals surface area contributed by atoms with Crippen LogP contribution in [0.4, 0.5) is 6.01 Å². The van der Waals surface area contributed by atoms with Crippen molar-refractivity contribution in [3.8, 4) is 11.6 Å². The van der Waals surface area contributed by atoms with E-state index in [1.165, 1.54) is 17.5 Å². The molecule has 1 N–H and O–H groups in total. The van der Waals surface area contributed by atoms with Gasteiger partial charge in [0, 0.05) is 11.6 Å². The molecule has 0 aliphatic rings. The van der Waals surface area contributed by atoms with Crippen molar-refractivity contribution >= 4 is 23.3 Å². The highest BCUT2D eigenvalue weighted by Gasteiger charge is 2.14. The van der Waals surface area contributed by atoms with Crippen LogP contribution in [0.5, 0.6) is 0 Å². The first kappa shape index (κ1) is 12.4. The number of amides is 1. The van der Waals surface area contributed by atoms with E-state index in [4.69, 9.17) is 4.42 Å². The van der Waals surface area contributed by atoms with Crippen LogP contribution in [0.15, 0.2) is 34.2 Å². The first-order valence-electron chi connectivity index (χ1n) is 5.71. The highest BCUT2D eigenvalue weighted by Crippen LogP contribution is 2.21. The number of carbonyl (C=O) groups is 1. The van der Waals surface area contributed by atoms with Crippen molar-refractivity contribution in [2.75, 3.05) is 5.32 Å². The molecule has 20 heavy (non-hydrogen) atoms. The number of thiazole rings is 1. The lowest BCUT2D eigenvalue weighted by Gasteiger charge is -1.98. The maximum absolute atomic E-state index is 11.8. The molecule has 0 spiro atoms. The number of aryl methyl sites for hydroxylation is 1. The molecule has 1 amide bonds. The van der Waals surface area contributed by atoms with Gasteiger partial charge in [0.05, 0.1) is 5.01 Å². The van der Waals surface area contributed by atoms with E-state index in [1.54, 1.807) is 18.2 Å². The summed E-state index contributed by atoms with van der Waals surface area (Å²) >= 11 is 1.48. The summed E-state index contributed by atoms with van der Waals surface area (Å²) in [6.07, 6.45) is 1.53. The SMILES string of the molecule is Cc1nc(-c2nnc(NC(=O)c3ccccn3)o2)cs1. The lowest BCUT2D eigenvalue weighted by atomic mass is 10.3. The molecule has 3 heterocycles. The van der Waals surface area contributed by atoms with Gasteiger partial charge in [0.2, 0.25) is 0 Å². The Balaban J connectivity index is 1.76. The number of pyridine rings is 1. The summed E-state index contributed by atoms with van der Waals surface area (Å²) in [5.74, 6) is -0.138. The van der Waals surface area contributed by atoms with Crippen LogP contribution in [-0.2, 0) is 0 Å². The number of rotatable bonds is 3. The first-order chi connectivity index (χ1) is 9.72. The van der Waals surface area contributed by atoms with Crippen LogP contribution < -0.4 is 5.32 Å². The smallest absolute Gasteiger partial charge is 0.322 e. The Morgan fingerprint density at radius 3 is 2.95 bits per heavy atom. The number of anilines is 1. The molecule has 0 aliphatic heterocycles. The summed E-state index contributed by atoms with van der Waals surface area (Å²) in [4.78, 5) is 20.0. The third-order valence-corrected chi connectivity index (χ3v) is 3.15. The number of nitrogens with one attached hydrogen (secondary N) is 1. The van der Waals surface area contributed by atoms with Crippen molar-refractivity contribution in [3.05, 3.63) is 40.5 Å². The Kier molecular flexibility index (Phi) is 3.21. The molecule has 3 aromatic heterocycles. The molecule has 0 aliphatic carbocycles. The molecule has 0 bridgehead atoms. The zero-order valence-electron chi connectivity index (χ0n) is 10.4. The number of hydrogen-bond acceptors (Lipinski definition) is 7. The Hall–Kier alpha value is -2.61. The third kappa shape index (κ3) is 2.54. The fraction of sp³-hybridized carbons (Fsp3) is 0.0833. The van der Waals surface area contributed by atoms with Crippen LogP contribution in [-0.4, -0.2) is 26.1 Å². The van der Waals surface area contributed by atoms with Crippen LogP contribution in [0, 0.1) is 6.92 Å². The van der Waals surface area contributed by atoms with E-state index < -0.39 is 5.91 Å². The van der Waals surface area contributed by atoms with Crippen LogP contribution in [0.2, 0.25) is 0 Å². The topological polar surface area (TPSA) is 93.8 Å². The molecular formula is C12H9N5O2S. The van der Waals surface area contributed by atoms with Crippen molar-refractivity contribution in [3.63, 3.8) is 0 Å². The van der Waals surface area contributed by atoms with E-state index in [9.17, 15) is 4.79 Å². The van der Waals surface area contributed by atoms with E-state index in [-0.39, 0.29) is 17.6 Å². The molecule has 8 heteroatoms. The number of nitrogens with zero attached hydrogens (tertiary/aromatic N) is 4. The van der Waals surface area contributed by atoms with E-state index in [0.717, 1.165) is 5.01 Å². The Bertz CT molecular complexity index is 737. The maximum atomic E-state index is 11.8. The quantitative estimate of drug-likeness (QED) is 0.793. The molecule has 0 unspecified atom stereocenters. The second-order valence-corrected chi connectivity index (χ2v) is 4.90. The van der Waals surface area contributed by atoms with Crippen molar-refractivity contribution in [1.82, 2.24) is 20.2 Å². The minimum Gasteiger partial charge on any atom is -0.401 e. The summed E-state index contributed by atoms with van der Waals surface area (Å²) in [6.45, 7) is 1.88. The minimum absolute atomic E-state index is 0.0151. The van der Waals surface area contributed by atoms with Gasteiger partial charge in [-0.25, -0.2) is 4.98 Å². The number of aromatic nitrogens is 4. The van der Waals surface area contributed by atoms with Gasteiger partial charge in [0.25, 0.3) is 11.8 Å². The Morgan fingerprint density at radius 1 is 1.35 bits per heavy atom. The molecule has 0 atom stereocenters. The van der Waals surface area contributed by atoms with E-state index in [0.29, 0.717) is 5.69 Å². The highest BCUT2D eigenvalue weighted by molar-refractivity contribution is 7.09. The van der Waals surface area contributed by atoms with Gasteiger partial charge in [0.15, 0.2) is 0 Å². The average molecular weight is 287 g/mol. The molecule has 0 radical (unpaired) electrons. The predicted octanol–water partition coefficient (Wildman–Crippen LogP) is 2.15. The van der Waals surface area contributed by atoms with Gasteiger partial charge in [-0.15, -0.1) is 16.4 Å². The van der Waals surface area contributed by atoms with Crippen molar-refractivity contribution in [2.45, 2.75) is 6.92 Å². The second kappa shape index (κ2) is 5.17. The van der Waals surface area contributed by atoms with Gasteiger partial charge in [-0.2, -0.15) is 0 Å². The molecule has 7 nitrogen and oxygen atoms in total. The summed E-state index contributed by atoms with van der Waals surface area (Å²) < 4.78 is 5.34. The first-order valence-corrected chi connectivity index (χ1v) is 6.59. The van der Waals surface area contributed by atoms with Crippen LogP contribution in [0.1, 0.15) is 15.5 Å². The average Bonchev–Trinajstić information content (AvgIpc) is 3.09. The zero-order valence-corrected chi connectivity index (χ0v) is 11.2. The Labute approximate surface area is 117 Å². The van der Waals surface area contributed by atoms with Crippen molar-refractivity contribution < 1.29 is 9.21 Å². The fourth-order valence-corrected chi connectivity index (χ4v) is 2.08. The van der Waals surface area contributed by atoms with Gasteiger partial charge in [-0.3, -0.25) is 15.1 Å². The molecule has 0 aromatic carbocycles.